The van der Waals surface area contributed by atoms with Crippen molar-refractivity contribution >= 4 is 22.9 Å². The Labute approximate surface area is 160 Å². The molecule has 2 N–H and O–H groups in total. The molecular weight excluding hydrogens is 345 g/mol. The van der Waals surface area contributed by atoms with Crippen LogP contribution in [0.3, 0.4) is 0 Å². The fourth-order valence-electron chi connectivity index (χ4n) is 3.53. The van der Waals surface area contributed by atoms with Crippen molar-refractivity contribution in [1.82, 2.24) is 9.55 Å². The smallest absolute Gasteiger partial charge is 0.227 e. The maximum Gasteiger partial charge on any atom is 0.227 e. The number of halogens is 1. The number of fused-ring (bicyclic) bond motifs is 1. The Kier molecular flexibility index (Phi) is 5.06. The van der Waals surface area contributed by atoms with Gasteiger partial charge in [0.05, 0.1) is 11.1 Å². The molecule has 5 nitrogen and oxygen atoms in total. The quantitative estimate of drug-likeness (QED) is 0.803. The van der Waals surface area contributed by atoms with Gasteiger partial charge in [-0.25, -0.2) is 9.37 Å². The number of anilines is 1. The largest absolute Gasteiger partial charge is 0.390 e. The molecule has 0 aliphatic heterocycles. The van der Waals surface area contributed by atoms with Gasteiger partial charge >= 0.3 is 0 Å². The fraction of sp³-hybridized carbons (Fsp3) is 0.619. The first-order valence-corrected chi connectivity index (χ1v) is 9.66. The highest BCUT2D eigenvalue weighted by atomic mass is 19.1. The van der Waals surface area contributed by atoms with Crippen molar-refractivity contribution in [3.63, 3.8) is 0 Å². The number of hydrogen-bond donors (Lipinski definition) is 2. The topological polar surface area (TPSA) is 67.2 Å². The number of nitrogens with zero attached hydrogens (tertiary/aromatic N) is 2. The number of carbonyl (C=O) groups excluding carboxylic acids is 1. The molecule has 0 spiro atoms. The molecule has 2 aromatic rings. The van der Waals surface area contributed by atoms with E-state index >= 15 is 4.39 Å². The molecule has 1 saturated carbocycles. The number of nitrogens with one attached hydrogen (secondary N) is 1. The molecule has 27 heavy (non-hydrogen) atoms. The van der Waals surface area contributed by atoms with E-state index in [1.807, 2.05) is 25.3 Å². The molecule has 0 atom stereocenters. The second kappa shape index (κ2) is 6.89. The van der Waals surface area contributed by atoms with Gasteiger partial charge in [-0.1, -0.05) is 26.8 Å². The average molecular weight is 375 g/mol. The van der Waals surface area contributed by atoms with E-state index in [0.29, 0.717) is 29.0 Å². The SMILES string of the molecule is CC(C)(C)CC(=O)Nc1nc2ccc(CC(C)(C)O)c(F)c2n1C1CCC1. The van der Waals surface area contributed by atoms with Crippen LogP contribution < -0.4 is 5.32 Å². The second-order valence-electron chi connectivity index (χ2n) is 9.57. The van der Waals surface area contributed by atoms with E-state index in [1.54, 1.807) is 26.0 Å². The van der Waals surface area contributed by atoms with Gasteiger partial charge in [0.1, 0.15) is 5.52 Å². The maximum absolute atomic E-state index is 15.3. The van der Waals surface area contributed by atoms with E-state index in [-0.39, 0.29) is 29.6 Å². The van der Waals surface area contributed by atoms with Crippen molar-refractivity contribution < 1.29 is 14.3 Å². The lowest BCUT2D eigenvalue weighted by Gasteiger charge is -2.29. The minimum Gasteiger partial charge on any atom is -0.390 e. The van der Waals surface area contributed by atoms with Crippen molar-refractivity contribution in [3.05, 3.63) is 23.5 Å². The van der Waals surface area contributed by atoms with Gasteiger partial charge in [-0.05, 0) is 50.2 Å². The molecule has 0 saturated heterocycles. The Hall–Kier alpha value is -1.95. The van der Waals surface area contributed by atoms with Gasteiger partial charge in [-0.2, -0.15) is 0 Å². The van der Waals surface area contributed by atoms with Crippen molar-refractivity contribution in [3.8, 4) is 0 Å². The second-order valence-corrected chi connectivity index (χ2v) is 9.57. The minimum atomic E-state index is -1.00. The van der Waals surface area contributed by atoms with Gasteiger partial charge < -0.3 is 9.67 Å². The van der Waals surface area contributed by atoms with Crippen LogP contribution in [0.4, 0.5) is 10.3 Å². The van der Waals surface area contributed by atoms with Crippen LogP contribution in [0.25, 0.3) is 11.0 Å². The van der Waals surface area contributed by atoms with Gasteiger partial charge in [-0.15, -0.1) is 0 Å². The van der Waals surface area contributed by atoms with Crippen LogP contribution in [0.15, 0.2) is 12.1 Å². The average Bonchev–Trinajstić information content (AvgIpc) is 2.76. The van der Waals surface area contributed by atoms with E-state index in [4.69, 9.17) is 0 Å². The molecule has 1 amide bonds. The van der Waals surface area contributed by atoms with E-state index < -0.39 is 5.60 Å². The third kappa shape index (κ3) is 4.49. The van der Waals surface area contributed by atoms with Crippen molar-refractivity contribution in [2.24, 2.45) is 5.41 Å². The summed E-state index contributed by atoms with van der Waals surface area (Å²) < 4.78 is 17.2. The highest BCUT2D eigenvalue weighted by molar-refractivity contribution is 5.92. The molecule has 3 rings (SSSR count). The van der Waals surface area contributed by atoms with Crippen LogP contribution in [0.2, 0.25) is 0 Å². The standard InChI is InChI=1S/C21H30FN3O2/c1-20(2,3)12-16(26)24-19-23-15-10-9-13(11-21(4,5)27)17(22)18(15)25(19)14-7-6-8-14/h9-10,14,27H,6-8,11-12H2,1-5H3,(H,23,24,26). The zero-order chi connectivity index (χ0) is 20.0. The first-order valence-electron chi connectivity index (χ1n) is 9.66. The number of aromatic nitrogens is 2. The van der Waals surface area contributed by atoms with Crippen LogP contribution in [0.1, 0.15) is 71.9 Å². The summed E-state index contributed by atoms with van der Waals surface area (Å²) >= 11 is 0. The number of amides is 1. The van der Waals surface area contributed by atoms with E-state index in [0.717, 1.165) is 19.3 Å². The monoisotopic (exact) mass is 375 g/mol. The summed E-state index contributed by atoms with van der Waals surface area (Å²) in [5.74, 6) is -0.0518. The summed E-state index contributed by atoms with van der Waals surface area (Å²) in [7, 11) is 0. The summed E-state index contributed by atoms with van der Waals surface area (Å²) in [5, 5.41) is 13.0. The lowest BCUT2D eigenvalue weighted by atomic mass is 9.92. The highest BCUT2D eigenvalue weighted by Gasteiger charge is 2.29. The summed E-state index contributed by atoms with van der Waals surface area (Å²) in [6, 6.07) is 3.59. The van der Waals surface area contributed by atoms with Crippen LogP contribution >= 0.6 is 0 Å². The molecule has 6 heteroatoms. The molecule has 1 fully saturated rings. The Balaban J connectivity index is 2.04. The molecule has 148 valence electrons. The summed E-state index contributed by atoms with van der Waals surface area (Å²) in [5.41, 5.74) is 0.280. The van der Waals surface area contributed by atoms with Crippen molar-refractivity contribution in [2.45, 2.75) is 78.4 Å². The van der Waals surface area contributed by atoms with Crippen LogP contribution in [-0.2, 0) is 11.2 Å². The predicted molar refractivity (Wildman–Crippen MR) is 105 cm³/mol. The Morgan fingerprint density at radius 3 is 2.48 bits per heavy atom. The van der Waals surface area contributed by atoms with Gasteiger partial charge in [0.25, 0.3) is 0 Å². The summed E-state index contributed by atoms with van der Waals surface area (Å²) in [4.78, 5) is 16.9. The molecule has 1 aromatic carbocycles. The van der Waals surface area contributed by atoms with Gasteiger partial charge in [-0.3, -0.25) is 10.1 Å². The third-order valence-electron chi connectivity index (χ3n) is 4.88. The molecular formula is C21H30FN3O2. The minimum absolute atomic E-state index is 0.115. The lowest BCUT2D eigenvalue weighted by molar-refractivity contribution is -0.117. The zero-order valence-electron chi connectivity index (χ0n) is 16.9. The number of carbonyl (C=O) groups is 1. The van der Waals surface area contributed by atoms with Crippen molar-refractivity contribution in [2.75, 3.05) is 5.32 Å². The number of benzene rings is 1. The van der Waals surface area contributed by atoms with E-state index in [2.05, 4.69) is 10.3 Å². The number of hydrogen-bond acceptors (Lipinski definition) is 3. The Morgan fingerprint density at radius 1 is 1.30 bits per heavy atom. The molecule has 1 aliphatic carbocycles. The molecule has 0 bridgehead atoms. The van der Waals surface area contributed by atoms with Gasteiger partial charge in [0, 0.05) is 18.9 Å². The molecule has 1 aromatic heterocycles. The van der Waals surface area contributed by atoms with Crippen molar-refractivity contribution in [1.29, 1.82) is 0 Å². The van der Waals surface area contributed by atoms with Gasteiger partial charge in [0.2, 0.25) is 11.9 Å². The van der Waals surface area contributed by atoms with Crippen LogP contribution in [0.5, 0.6) is 0 Å². The lowest BCUT2D eigenvalue weighted by Crippen LogP contribution is -2.25. The number of imidazole rings is 1. The summed E-state index contributed by atoms with van der Waals surface area (Å²) in [6.07, 6.45) is 3.57. The molecule has 0 radical (unpaired) electrons. The third-order valence-corrected chi connectivity index (χ3v) is 4.88. The Bertz CT molecular complexity index is 855. The van der Waals surface area contributed by atoms with E-state index in [1.165, 1.54) is 0 Å². The maximum atomic E-state index is 15.3. The van der Waals surface area contributed by atoms with Crippen LogP contribution in [-0.4, -0.2) is 26.2 Å². The number of aliphatic hydroxyl groups is 1. The predicted octanol–water partition coefficient (Wildman–Crippen LogP) is 4.59. The summed E-state index contributed by atoms with van der Waals surface area (Å²) in [6.45, 7) is 9.34. The van der Waals surface area contributed by atoms with E-state index in [9.17, 15) is 9.90 Å². The molecule has 1 heterocycles. The fourth-order valence-corrected chi connectivity index (χ4v) is 3.53. The normalized spacial score (nSPS) is 15.8. The van der Waals surface area contributed by atoms with Crippen LogP contribution in [0, 0.1) is 11.2 Å². The Morgan fingerprint density at radius 2 is 1.96 bits per heavy atom. The van der Waals surface area contributed by atoms with Gasteiger partial charge in [0.15, 0.2) is 5.82 Å². The highest BCUT2D eigenvalue weighted by Crippen LogP contribution is 2.39. The zero-order valence-corrected chi connectivity index (χ0v) is 16.9. The number of rotatable bonds is 5. The molecule has 0 unspecified atom stereocenters. The molecule has 1 aliphatic rings. The first kappa shape index (κ1) is 19.8. The first-order chi connectivity index (χ1) is 12.4.